The first-order valence-corrected chi connectivity index (χ1v) is 6.92. The molecule has 0 radical (unpaired) electrons. The third-order valence-electron chi connectivity index (χ3n) is 2.88. The van der Waals surface area contributed by atoms with Crippen LogP contribution in [0.5, 0.6) is 0 Å². The van der Waals surface area contributed by atoms with Crippen LogP contribution in [0.25, 0.3) is 0 Å². The molecule has 1 N–H and O–H groups in total. The molecule has 1 saturated heterocycles. The summed E-state index contributed by atoms with van der Waals surface area (Å²) in [6, 6.07) is 4.19. The SMILES string of the molecule is O=C(O)c1cc(SCC2CCCCO2)ccc1F. The Hall–Kier alpha value is -1.07. The first-order chi connectivity index (χ1) is 8.66. The van der Waals surface area contributed by atoms with Crippen molar-refractivity contribution in [2.24, 2.45) is 0 Å². The van der Waals surface area contributed by atoms with Crippen molar-refractivity contribution in [3.05, 3.63) is 29.6 Å². The average molecular weight is 270 g/mol. The molecule has 1 fully saturated rings. The molecular formula is C13H15FO3S. The fourth-order valence-corrected chi connectivity index (χ4v) is 2.89. The van der Waals surface area contributed by atoms with Gasteiger partial charge in [0, 0.05) is 17.3 Å². The van der Waals surface area contributed by atoms with Crippen LogP contribution in [0, 0.1) is 5.82 Å². The van der Waals surface area contributed by atoms with Crippen molar-refractivity contribution in [2.45, 2.75) is 30.3 Å². The van der Waals surface area contributed by atoms with Crippen LogP contribution in [0.3, 0.4) is 0 Å². The summed E-state index contributed by atoms with van der Waals surface area (Å²) >= 11 is 1.51. The van der Waals surface area contributed by atoms with E-state index in [0.29, 0.717) is 0 Å². The highest BCUT2D eigenvalue weighted by molar-refractivity contribution is 7.99. The van der Waals surface area contributed by atoms with Crippen molar-refractivity contribution in [3.63, 3.8) is 0 Å². The predicted molar refractivity (Wildman–Crippen MR) is 67.7 cm³/mol. The highest BCUT2D eigenvalue weighted by Gasteiger charge is 2.15. The van der Waals surface area contributed by atoms with Gasteiger partial charge in [0.2, 0.25) is 0 Å². The van der Waals surface area contributed by atoms with Gasteiger partial charge in [0.05, 0.1) is 11.7 Å². The van der Waals surface area contributed by atoms with Gasteiger partial charge in [0.15, 0.2) is 0 Å². The number of hydrogen-bond acceptors (Lipinski definition) is 3. The number of carboxylic acid groups (broad SMARTS) is 1. The molecule has 0 aliphatic carbocycles. The second-order valence-corrected chi connectivity index (χ2v) is 5.34. The van der Waals surface area contributed by atoms with E-state index < -0.39 is 11.8 Å². The molecular weight excluding hydrogens is 255 g/mol. The number of hydrogen-bond donors (Lipinski definition) is 1. The third kappa shape index (κ3) is 3.46. The van der Waals surface area contributed by atoms with Gasteiger partial charge in [-0.3, -0.25) is 0 Å². The summed E-state index contributed by atoms with van der Waals surface area (Å²) in [6.45, 7) is 0.801. The van der Waals surface area contributed by atoms with E-state index >= 15 is 0 Å². The van der Waals surface area contributed by atoms with Crippen molar-refractivity contribution in [1.29, 1.82) is 0 Å². The van der Waals surface area contributed by atoms with Gasteiger partial charge in [-0.1, -0.05) is 0 Å². The van der Waals surface area contributed by atoms with Gasteiger partial charge in [0.1, 0.15) is 5.82 Å². The number of benzene rings is 1. The maximum atomic E-state index is 13.2. The van der Waals surface area contributed by atoms with E-state index in [-0.39, 0.29) is 11.7 Å². The third-order valence-corrected chi connectivity index (χ3v) is 4.00. The van der Waals surface area contributed by atoms with E-state index in [2.05, 4.69) is 0 Å². The topological polar surface area (TPSA) is 46.5 Å². The smallest absolute Gasteiger partial charge is 0.338 e. The summed E-state index contributed by atoms with van der Waals surface area (Å²) in [5.41, 5.74) is -0.274. The standard InChI is InChI=1S/C13H15FO3S/c14-12-5-4-10(7-11(12)13(15)16)18-8-9-3-1-2-6-17-9/h4-5,7,9H,1-3,6,8H2,(H,15,16). The molecule has 5 heteroatoms. The van der Waals surface area contributed by atoms with Crippen molar-refractivity contribution < 1.29 is 19.0 Å². The molecule has 1 aromatic rings. The van der Waals surface area contributed by atoms with E-state index in [1.807, 2.05) is 0 Å². The number of carboxylic acids is 1. The molecule has 1 aliphatic rings. The van der Waals surface area contributed by atoms with Crippen molar-refractivity contribution in [2.75, 3.05) is 12.4 Å². The van der Waals surface area contributed by atoms with Crippen LogP contribution in [0.15, 0.2) is 23.1 Å². The quantitative estimate of drug-likeness (QED) is 0.854. The van der Waals surface area contributed by atoms with Gasteiger partial charge >= 0.3 is 5.97 Å². The monoisotopic (exact) mass is 270 g/mol. The fraction of sp³-hybridized carbons (Fsp3) is 0.462. The molecule has 0 spiro atoms. The van der Waals surface area contributed by atoms with Crippen LogP contribution < -0.4 is 0 Å². The molecule has 2 rings (SSSR count). The Balaban J connectivity index is 1.96. The fourth-order valence-electron chi connectivity index (χ4n) is 1.89. The Morgan fingerprint density at radius 3 is 3.00 bits per heavy atom. The molecule has 98 valence electrons. The summed E-state index contributed by atoms with van der Waals surface area (Å²) < 4.78 is 18.8. The minimum atomic E-state index is -1.23. The van der Waals surface area contributed by atoms with Crippen molar-refractivity contribution in [3.8, 4) is 0 Å². The number of ether oxygens (including phenoxy) is 1. The lowest BCUT2D eigenvalue weighted by Crippen LogP contribution is -2.21. The molecule has 1 heterocycles. The molecule has 1 aromatic carbocycles. The lowest BCUT2D eigenvalue weighted by Gasteiger charge is -2.22. The lowest BCUT2D eigenvalue weighted by atomic mass is 10.1. The summed E-state index contributed by atoms with van der Waals surface area (Å²) in [4.78, 5) is 11.6. The van der Waals surface area contributed by atoms with Gasteiger partial charge in [0.25, 0.3) is 0 Å². The minimum absolute atomic E-state index is 0.224. The first-order valence-electron chi connectivity index (χ1n) is 5.94. The number of halogens is 1. The molecule has 1 unspecified atom stereocenters. The zero-order chi connectivity index (χ0) is 13.0. The molecule has 0 bridgehead atoms. The summed E-state index contributed by atoms with van der Waals surface area (Å²) in [6.07, 6.45) is 3.55. The predicted octanol–water partition coefficient (Wildman–Crippen LogP) is 3.19. The van der Waals surface area contributed by atoms with E-state index in [1.165, 1.54) is 30.3 Å². The average Bonchev–Trinajstić information content (AvgIpc) is 2.38. The molecule has 3 nitrogen and oxygen atoms in total. The zero-order valence-corrected chi connectivity index (χ0v) is 10.7. The Morgan fingerprint density at radius 1 is 1.50 bits per heavy atom. The van der Waals surface area contributed by atoms with E-state index in [4.69, 9.17) is 9.84 Å². The Labute approximate surface area is 109 Å². The van der Waals surface area contributed by atoms with Crippen LogP contribution in [-0.4, -0.2) is 29.5 Å². The summed E-state index contributed by atoms with van der Waals surface area (Å²) in [7, 11) is 0. The van der Waals surface area contributed by atoms with Crippen LogP contribution in [0.4, 0.5) is 4.39 Å². The van der Waals surface area contributed by atoms with Crippen LogP contribution in [-0.2, 0) is 4.74 Å². The molecule has 1 atom stereocenters. The Bertz CT molecular complexity index is 430. The molecule has 18 heavy (non-hydrogen) atoms. The second kappa shape index (κ2) is 6.20. The molecule has 1 aliphatic heterocycles. The number of aromatic carboxylic acids is 1. The lowest BCUT2D eigenvalue weighted by molar-refractivity contribution is 0.0315. The summed E-state index contributed by atoms with van der Waals surface area (Å²) in [5, 5.41) is 8.83. The molecule has 0 saturated carbocycles. The zero-order valence-electron chi connectivity index (χ0n) is 9.89. The molecule has 0 aromatic heterocycles. The van der Waals surface area contributed by atoms with E-state index in [1.54, 1.807) is 6.07 Å². The maximum absolute atomic E-state index is 13.2. The largest absolute Gasteiger partial charge is 0.478 e. The first kappa shape index (κ1) is 13.4. The van der Waals surface area contributed by atoms with Crippen LogP contribution >= 0.6 is 11.8 Å². The van der Waals surface area contributed by atoms with E-state index in [0.717, 1.165) is 30.1 Å². The van der Waals surface area contributed by atoms with Crippen molar-refractivity contribution >= 4 is 17.7 Å². The number of carbonyl (C=O) groups is 1. The van der Waals surface area contributed by atoms with Gasteiger partial charge in [-0.25, -0.2) is 9.18 Å². The van der Waals surface area contributed by atoms with Crippen molar-refractivity contribution in [1.82, 2.24) is 0 Å². The van der Waals surface area contributed by atoms with Gasteiger partial charge in [-0.2, -0.15) is 0 Å². The van der Waals surface area contributed by atoms with Crippen LogP contribution in [0.2, 0.25) is 0 Å². The molecule has 0 amide bonds. The van der Waals surface area contributed by atoms with E-state index in [9.17, 15) is 9.18 Å². The number of rotatable bonds is 4. The van der Waals surface area contributed by atoms with Gasteiger partial charge in [-0.15, -0.1) is 11.8 Å². The highest BCUT2D eigenvalue weighted by Crippen LogP contribution is 2.25. The number of thioether (sulfide) groups is 1. The Morgan fingerprint density at radius 2 is 2.33 bits per heavy atom. The Kier molecular flexibility index (Phi) is 4.60. The van der Waals surface area contributed by atoms with Gasteiger partial charge in [-0.05, 0) is 37.5 Å². The van der Waals surface area contributed by atoms with Crippen LogP contribution in [0.1, 0.15) is 29.6 Å². The summed E-state index contributed by atoms with van der Waals surface area (Å²) in [5.74, 6) is -1.14. The highest BCUT2D eigenvalue weighted by atomic mass is 32.2. The minimum Gasteiger partial charge on any atom is -0.478 e. The normalized spacial score (nSPS) is 19.7. The maximum Gasteiger partial charge on any atom is 0.338 e. The van der Waals surface area contributed by atoms with Gasteiger partial charge < -0.3 is 9.84 Å². The second-order valence-electron chi connectivity index (χ2n) is 4.25.